The Kier molecular flexibility index (Phi) is 3.13. The first-order valence-corrected chi connectivity index (χ1v) is 9.20. The van der Waals surface area contributed by atoms with E-state index in [9.17, 15) is 9.90 Å². The predicted octanol–water partition coefficient (Wildman–Crippen LogP) is 2.02. The second-order valence-corrected chi connectivity index (χ2v) is 7.93. The molecule has 25 heavy (non-hydrogen) atoms. The van der Waals surface area contributed by atoms with Crippen molar-refractivity contribution in [2.45, 2.75) is 49.8 Å². The Hall–Kier alpha value is -1.85. The first kappa shape index (κ1) is 15.4. The zero-order valence-electron chi connectivity index (χ0n) is 14.7. The SMILES string of the molecule is COC(=O)C1=C2Nc3ccccc3[C@]23CCN2[C@@H]([C@H](C)O)C[C@H](C1)[C@@H]23. The minimum Gasteiger partial charge on any atom is -0.466 e. The molecule has 0 amide bonds. The predicted molar refractivity (Wildman–Crippen MR) is 94.1 cm³/mol. The molecule has 0 bridgehead atoms. The molecule has 2 N–H and O–H groups in total. The summed E-state index contributed by atoms with van der Waals surface area (Å²) < 4.78 is 5.12. The molecular formula is C20H24N2O3. The van der Waals surface area contributed by atoms with Crippen LogP contribution in [0.2, 0.25) is 0 Å². The number of esters is 1. The highest BCUT2D eigenvalue weighted by molar-refractivity contribution is 5.93. The lowest BCUT2D eigenvalue weighted by atomic mass is 9.63. The number of hydrogen-bond acceptors (Lipinski definition) is 5. The minimum atomic E-state index is -0.351. The van der Waals surface area contributed by atoms with Gasteiger partial charge in [0.2, 0.25) is 0 Å². The molecule has 5 atom stereocenters. The largest absolute Gasteiger partial charge is 0.466 e. The topological polar surface area (TPSA) is 61.8 Å². The van der Waals surface area contributed by atoms with E-state index in [-0.39, 0.29) is 23.5 Å². The number of ether oxygens (including phenoxy) is 1. The van der Waals surface area contributed by atoms with Crippen molar-refractivity contribution in [3.63, 3.8) is 0 Å². The van der Waals surface area contributed by atoms with Crippen LogP contribution in [-0.2, 0) is 14.9 Å². The lowest BCUT2D eigenvalue weighted by molar-refractivity contribution is -0.136. The Morgan fingerprint density at radius 2 is 2.24 bits per heavy atom. The van der Waals surface area contributed by atoms with E-state index in [2.05, 4.69) is 28.4 Å². The van der Waals surface area contributed by atoms with E-state index in [1.54, 1.807) is 0 Å². The van der Waals surface area contributed by atoms with Gasteiger partial charge in [0.15, 0.2) is 0 Å². The van der Waals surface area contributed by atoms with Gasteiger partial charge in [-0.3, -0.25) is 4.90 Å². The molecule has 5 heteroatoms. The average Bonchev–Trinajstić information content (AvgIpc) is 3.28. The van der Waals surface area contributed by atoms with Crippen molar-refractivity contribution >= 4 is 11.7 Å². The van der Waals surface area contributed by atoms with Gasteiger partial charge in [-0.15, -0.1) is 0 Å². The minimum absolute atomic E-state index is 0.160. The van der Waals surface area contributed by atoms with Gasteiger partial charge < -0.3 is 15.2 Å². The first-order chi connectivity index (χ1) is 12.1. The van der Waals surface area contributed by atoms with Crippen LogP contribution < -0.4 is 5.32 Å². The fourth-order valence-corrected chi connectivity index (χ4v) is 6.11. The first-order valence-electron chi connectivity index (χ1n) is 9.20. The zero-order valence-corrected chi connectivity index (χ0v) is 14.7. The van der Waals surface area contributed by atoms with Gasteiger partial charge in [0, 0.05) is 30.0 Å². The molecule has 132 valence electrons. The number of para-hydroxylation sites is 1. The van der Waals surface area contributed by atoms with Gasteiger partial charge in [0.1, 0.15) is 0 Å². The maximum atomic E-state index is 12.6. The van der Waals surface area contributed by atoms with E-state index in [4.69, 9.17) is 4.74 Å². The molecule has 5 rings (SSSR count). The standard InChI is InChI=1S/C20H24N2O3/c1-11(23)16-10-12-9-13(19(24)25-2)17-20(7-8-22(16)18(12)20)14-5-3-4-6-15(14)21-17/h3-6,11-12,16,18,21,23H,7-10H2,1-2H3/t11-,12-,16+,18+,20+/m0/s1. The Balaban J connectivity index is 1.73. The van der Waals surface area contributed by atoms with Crippen LogP contribution in [0, 0.1) is 5.92 Å². The molecule has 0 unspecified atom stereocenters. The van der Waals surface area contributed by atoms with Gasteiger partial charge in [-0.25, -0.2) is 4.79 Å². The molecular weight excluding hydrogens is 316 g/mol. The number of carbonyl (C=O) groups excluding carboxylic acids is 1. The number of fused-ring (bicyclic) bond motifs is 1. The molecule has 4 aliphatic rings. The summed E-state index contributed by atoms with van der Waals surface area (Å²) in [7, 11) is 1.46. The van der Waals surface area contributed by atoms with Gasteiger partial charge in [0.05, 0.1) is 24.2 Å². The number of aliphatic hydroxyl groups is 1. The molecule has 3 heterocycles. The number of benzene rings is 1. The van der Waals surface area contributed by atoms with Crippen molar-refractivity contribution in [2.24, 2.45) is 5.92 Å². The van der Waals surface area contributed by atoms with Crippen molar-refractivity contribution < 1.29 is 14.6 Å². The van der Waals surface area contributed by atoms with Crippen LogP contribution in [0.3, 0.4) is 0 Å². The number of rotatable bonds is 2. The lowest BCUT2D eigenvalue weighted by Gasteiger charge is -2.41. The van der Waals surface area contributed by atoms with E-state index >= 15 is 0 Å². The summed E-state index contributed by atoms with van der Waals surface area (Å²) in [5.74, 6) is 0.167. The second-order valence-electron chi connectivity index (χ2n) is 7.93. The maximum Gasteiger partial charge on any atom is 0.335 e. The number of nitrogens with zero attached hydrogens (tertiary/aromatic N) is 1. The molecule has 2 fully saturated rings. The molecule has 2 saturated heterocycles. The van der Waals surface area contributed by atoms with Gasteiger partial charge >= 0.3 is 5.97 Å². The number of carbonyl (C=O) groups is 1. The molecule has 0 saturated carbocycles. The fourth-order valence-electron chi connectivity index (χ4n) is 6.11. The van der Waals surface area contributed by atoms with Crippen molar-refractivity contribution in [3.05, 3.63) is 41.1 Å². The Bertz CT molecular complexity index is 787. The van der Waals surface area contributed by atoms with Crippen LogP contribution in [0.25, 0.3) is 0 Å². The van der Waals surface area contributed by atoms with Crippen LogP contribution in [0.15, 0.2) is 35.5 Å². The van der Waals surface area contributed by atoms with Crippen molar-refractivity contribution in [2.75, 3.05) is 19.0 Å². The fraction of sp³-hybridized carbons (Fsp3) is 0.550. The Morgan fingerprint density at radius 3 is 3.00 bits per heavy atom. The summed E-state index contributed by atoms with van der Waals surface area (Å²) in [5, 5.41) is 13.9. The van der Waals surface area contributed by atoms with E-state index in [1.165, 1.54) is 12.7 Å². The average molecular weight is 340 g/mol. The highest BCUT2D eigenvalue weighted by atomic mass is 16.5. The number of hydrogen-bond donors (Lipinski definition) is 2. The summed E-state index contributed by atoms with van der Waals surface area (Å²) >= 11 is 0. The summed E-state index contributed by atoms with van der Waals surface area (Å²) in [6.45, 7) is 2.86. The number of methoxy groups -OCH3 is 1. The Morgan fingerprint density at radius 1 is 1.44 bits per heavy atom. The summed E-state index contributed by atoms with van der Waals surface area (Å²) in [5.41, 5.74) is 4.10. The third-order valence-electron chi connectivity index (χ3n) is 6.91. The smallest absolute Gasteiger partial charge is 0.335 e. The molecule has 1 aromatic carbocycles. The van der Waals surface area contributed by atoms with E-state index in [0.717, 1.165) is 42.8 Å². The number of aliphatic hydroxyl groups excluding tert-OH is 1. The molecule has 1 aromatic rings. The van der Waals surface area contributed by atoms with E-state index < -0.39 is 0 Å². The molecule has 3 aliphatic heterocycles. The molecule has 5 nitrogen and oxygen atoms in total. The maximum absolute atomic E-state index is 12.6. The molecule has 0 aromatic heterocycles. The highest BCUT2D eigenvalue weighted by Gasteiger charge is 2.65. The summed E-state index contributed by atoms with van der Waals surface area (Å²) in [4.78, 5) is 15.1. The number of nitrogens with one attached hydrogen (secondary N) is 1. The third kappa shape index (κ3) is 1.78. The molecule has 0 radical (unpaired) electrons. The quantitative estimate of drug-likeness (QED) is 0.807. The monoisotopic (exact) mass is 340 g/mol. The van der Waals surface area contributed by atoms with Crippen molar-refractivity contribution in [1.82, 2.24) is 4.90 Å². The summed E-state index contributed by atoms with van der Waals surface area (Å²) in [6.07, 6.45) is 2.31. The normalized spacial score (nSPS) is 36.5. The van der Waals surface area contributed by atoms with Crippen molar-refractivity contribution in [1.29, 1.82) is 0 Å². The lowest BCUT2D eigenvalue weighted by Crippen LogP contribution is -2.48. The summed E-state index contributed by atoms with van der Waals surface area (Å²) in [6, 6.07) is 8.96. The Labute approximate surface area is 147 Å². The zero-order chi connectivity index (χ0) is 17.3. The van der Waals surface area contributed by atoms with Crippen LogP contribution in [0.5, 0.6) is 0 Å². The van der Waals surface area contributed by atoms with E-state index in [0.29, 0.717) is 12.0 Å². The van der Waals surface area contributed by atoms with Crippen LogP contribution in [0.4, 0.5) is 5.69 Å². The van der Waals surface area contributed by atoms with Gasteiger partial charge in [-0.05, 0) is 43.7 Å². The molecule has 1 spiro atoms. The van der Waals surface area contributed by atoms with E-state index in [1.807, 2.05) is 13.0 Å². The van der Waals surface area contributed by atoms with Crippen LogP contribution in [0.1, 0.15) is 31.7 Å². The van der Waals surface area contributed by atoms with Gasteiger partial charge in [0.25, 0.3) is 0 Å². The van der Waals surface area contributed by atoms with Gasteiger partial charge in [-0.1, -0.05) is 18.2 Å². The number of anilines is 1. The third-order valence-corrected chi connectivity index (χ3v) is 6.91. The highest BCUT2D eigenvalue weighted by Crippen LogP contribution is 2.62. The second kappa shape index (κ2) is 5.08. The van der Waals surface area contributed by atoms with Crippen LogP contribution in [-0.4, -0.2) is 47.8 Å². The van der Waals surface area contributed by atoms with Crippen LogP contribution >= 0.6 is 0 Å². The molecule has 1 aliphatic carbocycles. The van der Waals surface area contributed by atoms with Crippen molar-refractivity contribution in [3.8, 4) is 0 Å². The van der Waals surface area contributed by atoms with Gasteiger partial charge in [-0.2, -0.15) is 0 Å².